The SMILES string of the molecule is Cc1cccc2ncn(CC3CCCN3)c12. The number of nitrogens with zero attached hydrogens (tertiary/aromatic N) is 2. The third kappa shape index (κ3) is 1.61. The predicted octanol–water partition coefficient (Wildman–Crippen LogP) is 2.10. The highest BCUT2D eigenvalue weighted by Gasteiger charge is 2.15. The Bertz CT molecular complexity index is 495. The Morgan fingerprint density at radius 2 is 2.44 bits per heavy atom. The van der Waals surface area contributed by atoms with E-state index in [9.17, 15) is 0 Å². The number of rotatable bonds is 2. The first kappa shape index (κ1) is 9.85. The number of para-hydroxylation sites is 1. The lowest BCUT2D eigenvalue weighted by molar-refractivity contribution is 0.517. The summed E-state index contributed by atoms with van der Waals surface area (Å²) in [5, 5.41) is 3.53. The van der Waals surface area contributed by atoms with Crippen LogP contribution in [0.3, 0.4) is 0 Å². The van der Waals surface area contributed by atoms with E-state index in [1.54, 1.807) is 0 Å². The van der Waals surface area contributed by atoms with E-state index in [2.05, 4.69) is 40.0 Å². The lowest BCUT2D eigenvalue weighted by Crippen LogP contribution is -2.26. The van der Waals surface area contributed by atoms with E-state index >= 15 is 0 Å². The van der Waals surface area contributed by atoms with Crippen LogP contribution >= 0.6 is 0 Å². The molecule has 1 aliphatic rings. The van der Waals surface area contributed by atoms with Crippen LogP contribution in [0, 0.1) is 6.92 Å². The van der Waals surface area contributed by atoms with Crippen molar-refractivity contribution in [2.24, 2.45) is 0 Å². The van der Waals surface area contributed by atoms with Crippen LogP contribution in [-0.2, 0) is 6.54 Å². The van der Waals surface area contributed by atoms with Crippen LogP contribution in [0.4, 0.5) is 0 Å². The Hall–Kier alpha value is -1.35. The van der Waals surface area contributed by atoms with E-state index in [0.717, 1.165) is 18.6 Å². The third-order valence-electron chi connectivity index (χ3n) is 3.42. The molecule has 3 heteroatoms. The van der Waals surface area contributed by atoms with Gasteiger partial charge in [-0.05, 0) is 37.9 Å². The zero-order valence-corrected chi connectivity index (χ0v) is 9.61. The monoisotopic (exact) mass is 215 g/mol. The van der Waals surface area contributed by atoms with Crippen LogP contribution in [0.2, 0.25) is 0 Å². The van der Waals surface area contributed by atoms with Crippen molar-refractivity contribution in [1.29, 1.82) is 0 Å². The Morgan fingerprint density at radius 1 is 1.50 bits per heavy atom. The van der Waals surface area contributed by atoms with Crippen molar-refractivity contribution in [1.82, 2.24) is 14.9 Å². The van der Waals surface area contributed by atoms with Gasteiger partial charge in [0, 0.05) is 12.6 Å². The predicted molar refractivity (Wildman–Crippen MR) is 65.5 cm³/mol. The van der Waals surface area contributed by atoms with E-state index in [-0.39, 0.29) is 0 Å². The molecule has 0 bridgehead atoms. The normalized spacial score (nSPS) is 20.7. The average Bonchev–Trinajstić information content (AvgIpc) is 2.90. The van der Waals surface area contributed by atoms with Crippen molar-refractivity contribution in [2.75, 3.05) is 6.54 Å². The molecule has 0 amide bonds. The average molecular weight is 215 g/mol. The van der Waals surface area contributed by atoms with Crippen molar-refractivity contribution in [3.8, 4) is 0 Å². The van der Waals surface area contributed by atoms with E-state index in [0.29, 0.717) is 6.04 Å². The standard InChI is InChI=1S/C13H17N3/c1-10-4-2-6-12-13(10)16(9-15-12)8-11-5-3-7-14-11/h2,4,6,9,11,14H,3,5,7-8H2,1H3. The summed E-state index contributed by atoms with van der Waals surface area (Å²) < 4.78 is 2.29. The molecule has 3 rings (SSSR count). The molecule has 84 valence electrons. The fraction of sp³-hybridized carbons (Fsp3) is 0.462. The molecule has 1 aromatic carbocycles. The molecule has 1 N–H and O–H groups in total. The number of hydrogen-bond donors (Lipinski definition) is 1. The molecule has 1 atom stereocenters. The molecule has 0 aliphatic carbocycles. The van der Waals surface area contributed by atoms with Gasteiger partial charge in [0.25, 0.3) is 0 Å². The van der Waals surface area contributed by atoms with Gasteiger partial charge in [0.2, 0.25) is 0 Å². The molecule has 1 saturated heterocycles. The lowest BCUT2D eigenvalue weighted by atomic mass is 10.2. The fourth-order valence-electron chi connectivity index (χ4n) is 2.60. The lowest BCUT2D eigenvalue weighted by Gasteiger charge is -2.12. The van der Waals surface area contributed by atoms with E-state index < -0.39 is 0 Å². The minimum atomic E-state index is 0.622. The van der Waals surface area contributed by atoms with Gasteiger partial charge in [0.15, 0.2) is 0 Å². The van der Waals surface area contributed by atoms with Gasteiger partial charge in [-0.25, -0.2) is 4.98 Å². The van der Waals surface area contributed by atoms with Crippen molar-refractivity contribution in [3.63, 3.8) is 0 Å². The highest BCUT2D eigenvalue weighted by molar-refractivity contribution is 5.78. The van der Waals surface area contributed by atoms with Crippen LogP contribution in [0.1, 0.15) is 18.4 Å². The van der Waals surface area contributed by atoms with Gasteiger partial charge >= 0.3 is 0 Å². The van der Waals surface area contributed by atoms with Gasteiger partial charge < -0.3 is 9.88 Å². The maximum atomic E-state index is 4.46. The van der Waals surface area contributed by atoms with Crippen molar-refractivity contribution in [3.05, 3.63) is 30.1 Å². The summed E-state index contributed by atoms with van der Waals surface area (Å²) in [6.07, 6.45) is 4.56. The summed E-state index contributed by atoms with van der Waals surface area (Å²) in [4.78, 5) is 4.46. The van der Waals surface area contributed by atoms with E-state index in [4.69, 9.17) is 0 Å². The summed E-state index contributed by atoms with van der Waals surface area (Å²) in [5.41, 5.74) is 3.71. The molecule has 1 fully saturated rings. The van der Waals surface area contributed by atoms with Crippen molar-refractivity contribution in [2.45, 2.75) is 32.4 Å². The summed E-state index contributed by atoms with van der Waals surface area (Å²) in [6.45, 7) is 4.36. The maximum Gasteiger partial charge on any atom is 0.0958 e. The summed E-state index contributed by atoms with van der Waals surface area (Å²) in [6, 6.07) is 6.93. The van der Waals surface area contributed by atoms with E-state index in [1.165, 1.54) is 23.9 Å². The second-order valence-electron chi connectivity index (χ2n) is 4.63. The number of aryl methyl sites for hydroxylation is 1. The Morgan fingerprint density at radius 3 is 3.25 bits per heavy atom. The number of benzene rings is 1. The fourth-order valence-corrected chi connectivity index (χ4v) is 2.60. The molecule has 0 saturated carbocycles. The largest absolute Gasteiger partial charge is 0.329 e. The van der Waals surface area contributed by atoms with E-state index in [1.807, 2.05) is 6.33 Å². The summed E-state index contributed by atoms with van der Waals surface area (Å²) in [5.74, 6) is 0. The summed E-state index contributed by atoms with van der Waals surface area (Å²) in [7, 11) is 0. The first-order chi connectivity index (χ1) is 7.84. The van der Waals surface area contributed by atoms with Crippen LogP contribution in [0.15, 0.2) is 24.5 Å². The van der Waals surface area contributed by atoms with Gasteiger partial charge in [-0.2, -0.15) is 0 Å². The van der Waals surface area contributed by atoms with Crippen LogP contribution in [0.25, 0.3) is 11.0 Å². The van der Waals surface area contributed by atoms with Gasteiger partial charge in [0.05, 0.1) is 17.4 Å². The van der Waals surface area contributed by atoms with Crippen LogP contribution in [0.5, 0.6) is 0 Å². The molecule has 2 aromatic rings. The van der Waals surface area contributed by atoms with Crippen LogP contribution in [-0.4, -0.2) is 22.1 Å². The number of fused-ring (bicyclic) bond motifs is 1. The first-order valence-corrected chi connectivity index (χ1v) is 5.98. The molecule has 0 radical (unpaired) electrons. The Labute approximate surface area is 95.5 Å². The number of imidazole rings is 1. The molecule has 2 heterocycles. The Balaban J connectivity index is 1.97. The maximum absolute atomic E-state index is 4.46. The highest BCUT2D eigenvalue weighted by atomic mass is 15.1. The molecule has 1 aliphatic heterocycles. The number of aromatic nitrogens is 2. The molecule has 1 aromatic heterocycles. The quantitative estimate of drug-likeness (QED) is 0.831. The molecule has 16 heavy (non-hydrogen) atoms. The summed E-state index contributed by atoms with van der Waals surface area (Å²) >= 11 is 0. The molecule has 3 nitrogen and oxygen atoms in total. The molecular formula is C13H17N3. The molecule has 0 spiro atoms. The topological polar surface area (TPSA) is 29.9 Å². The smallest absolute Gasteiger partial charge is 0.0958 e. The van der Waals surface area contributed by atoms with Gasteiger partial charge in [0.1, 0.15) is 0 Å². The minimum Gasteiger partial charge on any atom is -0.329 e. The van der Waals surface area contributed by atoms with Crippen molar-refractivity contribution < 1.29 is 0 Å². The van der Waals surface area contributed by atoms with Gasteiger partial charge in [-0.15, -0.1) is 0 Å². The number of nitrogens with one attached hydrogen (secondary N) is 1. The minimum absolute atomic E-state index is 0.622. The third-order valence-corrected chi connectivity index (χ3v) is 3.42. The van der Waals surface area contributed by atoms with Crippen LogP contribution < -0.4 is 5.32 Å². The highest BCUT2D eigenvalue weighted by Crippen LogP contribution is 2.18. The number of hydrogen-bond acceptors (Lipinski definition) is 2. The second-order valence-corrected chi connectivity index (χ2v) is 4.63. The molecule has 1 unspecified atom stereocenters. The Kier molecular flexibility index (Phi) is 2.40. The zero-order valence-electron chi connectivity index (χ0n) is 9.61. The molecular weight excluding hydrogens is 198 g/mol. The van der Waals surface area contributed by atoms with Crippen molar-refractivity contribution >= 4 is 11.0 Å². The van der Waals surface area contributed by atoms with Gasteiger partial charge in [-0.1, -0.05) is 12.1 Å². The first-order valence-electron chi connectivity index (χ1n) is 5.98. The second kappa shape index (κ2) is 3.91. The van der Waals surface area contributed by atoms with Gasteiger partial charge in [-0.3, -0.25) is 0 Å². The zero-order chi connectivity index (χ0) is 11.0.